The van der Waals surface area contributed by atoms with E-state index < -0.39 is 11.9 Å². The molecule has 5 N–H and O–H groups in total. The Bertz CT molecular complexity index is 551. The summed E-state index contributed by atoms with van der Waals surface area (Å²) in [4.78, 5) is 11.3. The molecule has 108 valence electrons. The van der Waals surface area contributed by atoms with Gasteiger partial charge in [-0.25, -0.2) is 0 Å². The fourth-order valence-corrected chi connectivity index (χ4v) is 1.39. The minimum atomic E-state index is -0.941. The van der Waals surface area contributed by atoms with Crippen molar-refractivity contribution < 1.29 is 24.1 Å². The summed E-state index contributed by atoms with van der Waals surface area (Å²) in [6.07, 6.45) is 0.995. The fraction of sp³-hybridized carbons (Fsp3) is 0.154. The molecule has 1 aromatic rings. The molecule has 20 heavy (non-hydrogen) atoms. The number of aliphatic hydroxyl groups excluding tert-OH is 1. The quantitative estimate of drug-likeness (QED) is 0.402. The van der Waals surface area contributed by atoms with Crippen LogP contribution >= 0.6 is 0 Å². The first-order valence-corrected chi connectivity index (χ1v) is 5.54. The predicted octanol–water partition coefficient (Wildman–Crippen LogP) is 0.775. The monoisotopic (exact) mass is 280 g/mol. The Morgan fingerprint density at radius 3 is 2.45 bits per heavy atom. The van der Waals surface area contributed by atoms with Crippen LogP contribution in [0.4, 0.5) is 0 Å². The smallest absolute Gasteiger partial charge is 0.293 e. The molecule has 0 aliphatic carbocycles. The molecule has 0 aliphatic heterocycles. The summed E-state index contributed by atoms with van der Waals surface area (Å²) >= 11 is 0. The van der Waals surface area contributed by atoms with E-state index in [9.17, 15) is 9.90 Å². The lowest BCUT2D eigenvalue weighted by atomic mass is 10.2. The Morgan fingerprint density at radius 1 is 1.30 bits per heavy atom. The summed E-state index contributed by atoms with van der Waals surface area (Å²) in [6, 6.07) is 6.60. The first kappa shape index (κ1) is 15.2. The van der Waals surface area contributed by atoms with Crippen LogP contribution in [0, 0.1) is 0 Å². The van der Waals surface area contributed by atoms with Crippen molar-refractivity contribution in [1.82, 2.24) is 0 Å². The average molecular weight is 280 g/mol. The summed E-state index contributed by atoms with van der Waals surface area (Å²) < 4.78 is 15.0. The summed E-state index contributed by atoms with van der Waals surface area (Å²) in [5, 5.41) is 9.52. The van der Waals surface area contributed by atoms with Crippen LogP contribution in [0.2, 0.25) is 0 Å². The van der Waals surface area contributed by atoms with Crippen LogP contribution in [-0.4, -0.2) is 25.2 Å². The van der Waals surface area contributed by atoms with Crippen molar-refractivity contribution in [2.24, 2.45) is 11.5 Å². The minimum absolute atomic E-state index is 0.134. The van der Waals surface area contributed by atoms with Gasteiger partial charge in [0.2, 0.25) is 0 Å². The van der Waals surface area contributed by atoms with Gasteiger partial charge in [0.25, 0.3) is 11.9 Å². The van der Waals surface area contributed by atoms with E-state index in [1.54, 1.807) is 24.3 Å². The third-order valence-corrected chi connectivity index (χ3v) is 2.32. The van der Waals surface area contributed by atoms with Gasteiger partial charge in [-0.15, -0.1) is 0 Å². The van der Waals surface area contributed by atoms with Crippen LogP contribution in [-0.2, 0) is 9.53 Å². The van der Waals surface area contributed by atoms with Gasteiger partial charge in [0.1, 0.15) is 11.5 Å². The maximum atomic E-state index is 11.3. The van der Waals surface area contributed by atoms with E-state index >= 15 is 0 Å². The predicted molar refractivity (Wildman–Crippen MR) is 71.8 cm³/mol. The van der Waals surface area contributed by atoms with E-state index in [-0.39, 0.29) is 11.3 Å². The lowest BCUT2D eigenvalue weighted by molar-refractivity contribution is -0.115. The largest absolute Gasteiger partial charge is 0.497 e. The summed E-state index contributed by atoms with van der Waals surface area (Å²) in [7, 11) is 2.68. The molecule has 1 aromatic carbocycles. The SMILES string of the molecule is COC(O)=C(C(N)=O)/C(=C\N)Oc1cccc(OC)c1. The Balaban J connectivity index is 3.11. The lowest BCUT2D eigenvalue weighted by Gasteiger charge is -2.12. The molecule has 0 fully saturated rings. The number of ether oxygens (including phenoxy) is 3. The number of benzene rings is 1. The van der Waals surface area contributed by atoms with Crippen molar-refractivity contribution >= 4 is 5.91 Å². The Hall–Kier alpha value is -2.83. The molecule has 0 saturated heterocycles. The molecule has 0 bridgehead atoms. The van der Waals surface area contributed by atoms with E-state index in [2.05, 4.69) is 4.74 Å². The first-order valence-electron chi connectivity index (χ1n) is 5.54. The number of rotatable bonds is 6. The molecule has 0 atom stereocenters. The van der Waals surface area contributed by atoms with Crippen molar-refractivity contribution in [1.29, 1.82) is 0 Å². The molecule has 7 heteroatoms. The number of amides is 1. The fourth-order valence-electron chi connectivity index (χ4n) is 1.39. The van der Waals surface area contributed by atoms with E-state index in [1.807, 2.05) is 0 Å². The minimum Gasteiger partial charge on any atom is -0.497 e. The highest BCUT2D eigenvalue weighted by Gasteiger charge is 2.20. The number of carbonyl (C=O) groups excluding carboxylic acids is 1. The number of methoxy groups -OCH3 is 2. The summed E-state index contributed by atoms with van der Waals surface area (Å²) in [6.45, 7) is 0. The number of primary amides is 1. The van der Waals surface area contributed by atoms with Crippen molar-refractivity contribution in [2.45, 2.75) is 0 Å². The first-order chi connectivity index (χ1) is 9.53. The zero-order chi connectivity index (χ0) is 15.1. The van der Waals surface area contributed by atoms with Gasteiger partial charge in [-0.05, 0) is 12.1 Å². The van der Waals surface area contributed by atoms with E-state index in [4.69, 9.17) is 20.9 Å². The number of aliphatic hydroxyl groups is 1. The van der Waals surface area contributed by atoms with Crippen LogP contribution in [0.15, 0.2) is 47.7 Å². The highest BCUT2D eigenvalue weighted by atomic mass is 16.6. The Kier molecular flexibility index (Phi) is 5.28. The molecule has 7 nitrogen and oxygen atoms in total. The number of nitrogens with two attached hydrogens (primary N) is 2. The van der Waals surface area contributed by atoms with Gasteiger partial charge in [0.15, 0.2) is 11.3 Å². The van der Waals surface area contributed by atoms with E-state index in [1.165, 1.54) is 14.2 Å². The summed E-state index contributed by atoms with van der Waals surface area (Å²) in [5.74, 6) is -0.853. The molecular weight excluding hydrogens is 264 g/mol. The van der Waals surface area contributed by atoms with E-state index in [0.29, 0.717) is 11.5 Å². The molecule has 0 unspecified atom stereocenters. The molecule has 1 rings (SSSR count). The second kappa shape index (κ2) is 6.93. The number of hydrogen-bond acceptors (Lipinski definition) is 6. The van der Waals surface area contributed by atoms with Crippen LogP contribution in [0.25, 0.3) is 0 Å². The normalized spacial score (nSPS) is 12.4. The second-order valence-corrected chi connectivity index (χ2v) is 3.56. The van der Waals surface area contributed by atoms with Crippen molar-refractivity contribution in [3.63, 3.8) is 0 Å². The maximum absolute atomic E-state index is 11.3. The zero-order valence-electron chi connectivity index (χ0n) is 11.1. The van der Waals surface area contributed by atoms with Gasteiger partial charge in [-0.3, -0.25) is 4.79 Å². The molecule has 0 heterocycles. The highest BCUT2D eigenvalue weighted by molar-refractivity contribution is 5.96. The zero-order valence-corrected chi connectivity index (χ0v) is 11.1. The van der Waals surface area contributed by atoms with Gasteiger partial charge < -0.3 is 30.8 Å². The maximum Gasteiger partial charge on any atom is 0.293 e. The van der Waals surface area contributed by atoms with Crippen LogP contribution < -0.4 is 20.9 Å². The topological polar surface area (TPSA) is 117 Å². The van der Waals surface area contributed by atoms with Gasteiger partial charge >= 0.3 is 0 Å². The van der Waals surface area contributed by atoms with Crippen molar-refractivity contribution in [2.75, 3.05) is 14.2 Å². The Labute approximate surface area is 116 Å². The standard InChI is InChI=1S/C13H16N2O5/c1-18-8-4-3-5-9(6-8)20-10(7-14)11(12(15)16)13(17)19-2/h3-7,17H,14H2,1-2H3,(H2,15,16)/b10-7+,13-11?. The number of hydrogen-bond donors (Lipinski definition) is 3. The van der Waals surface area contributed by atoms with Gasteiger partial charge in [0, 0.05) is 12.3 Å². The molecule has 0 aliphatic rings. The Morgan fingerprint density at radius 2 is 1.95 bits per heavy atom. The molecule has 0 spiro atoms. The van der Waals surface area contributed by atoms with Crippen LogP contribution in [0.5, 0.6) is 11.5 Å². The average Bonchev–Trinajstić information content (AvgIpc) is 2.45. The molecule has 0 saturated carbocycles. The third-order valence-electron chi connectivity index (χ3n) is 2.32. The van der Waals surface area contributed by atoms with E-state index in [0.717, 1.165) is 6.20 Å². The van der Waals surface area contributed by atoms with Crippen molar-refractivity contribution in [3.8, 4) is 11.5 Å². The molecule has 1 amide bonds. The molecular formula is C13H16N2O5. The number of carbonyl (C=O) groups is 1. The van der Waals surface area contributed by atoms with Crippen LogP contribution in [0.1, 0.15) is 0 Å². The van der Waals surface area contributed by atoms with Gasteiger partial charge in [-0.2, -0.15) is 0 Å². The molecule has 0 aromatic heterocycles. The van der Waals surface area contributed by atoms with Gasteiger partial charge in [0.05, 0.1) is 14.2 Å². The summed E-state index contributed by atoms with van der Waals surface area (Å²) in [5.41, 5.74) is 10.2. The van der Waals surface area contributed by atoms with Crippen molar-refractivity contribution in [3.05, 3.63) is 47.7 Å². The highest BCUT2D eigenvalue weighted by Crippen LogP contribution is 2.23. The second-order valence-electron chi connectivity index (χ2n) is 3.56. The van der Waals surface area contributed by atoms with Gasteiger partial charge in [-0.1, -0.05) is 6.07 Å². The lowest BCUT2D eigenvalue weighted by Crippen LogP contribution is -2.21. The molecule has 0 radical (unpaired) electrons. The van der Waals surface area contributed by atoms with Crippen LogP contribution in [0.3, 0.4) is 0 Å². The third kappa shape index (κ3) is 3.58.